The minimum Gasteiger partial charge on any atom is -0.355 e. The molecular weight excluding hydrogens is 413 g/mol. The lowest BCUT2D eigenvalue weighted by atomic mass is 9.86. The predicted octanol–water partition coefficient (Wildman–Crippen LogP) is 3.12. The Morgan fingerprint density at radius 2 is 2.00 bits per heavy atom. The van der Waals surface area contributed by atoms with Crippen molar-refractivity contribution < 1.29 is 9.59 Å². The second-order valence-corrected chi connectivity index (χ2v) is 8.75. The average molecular weight is 436 g/mol. The number of benzene rings is 1. The number of hydrogen-bond donors (Lipinski definition) is 1. The SMILES string of the molecule is CNC(=O)c1cnn(C(=O)N2CCC3(CCN(Cc4cc(Cl)ccc4Cl)C3)C2)c1. The Balaban J connectivity index is 1.39. The third-order valence-corrected chi connectivity index (χ3v) is 6.50. The highest BCUT2D eigenvalue weighted by Gasteiger charge is 2.45. The van der Waals surface area contributed by atoms with Crippen molar-refractivity contribution in [2.45, 2.75) is 19.4 Å². The fourth-order valence-electron chi connectivity index (χ4n) is 4.33. The van der Waals surface area contributed by atoms with E-state index in [0.717, 1.165) is 43.1 Å². The van der Waals surface area contributed by atoms with Crippen LogP contribution in [0.1, 0.15) is 28.8 Å². The number of aromatic nitrogens is 2. The van der Waals surface area contributed by atoms with Crippen LogP contribution in [0.15, 0.2) is 30.6 Å². The lowest BCUT2D eigenvalue weighted by Gasteiger charge is -2.25. The molecule has 4 rings (SSSR count). The Morgan fingerprint density at radius 3 is 2.79 bits per heavy atom. The summed E-state index contributed by atoms with van der Waals surface area (Å²) in [4.78, 5) is 28.7. The van der Waals surface area contributed by atoms with Crippen LogP contribution in [-0.2, 0) is 6.54 Å². The molecule has 2 saturated heterocycles. The summed E-state index contributed by atoms with van der Waals surface area (Å²) in [6.45, 7) is 4.03. The van der Waals surface area contributed by atoms with Gasteiger partial charge in [-0.15, -0.1) is 0 Å². The van der Waals surface area contributed by atoms with E-state index in [1.165, 1.54) is 17.1 Å². The van der Waals surface area contributed by atoms with Gasteiger partial charge in [-0.2, -0.15) is 9.78 Å². The van der Waals surface area contributed by atoms with E-state index >= 15 is 0 Å². The van der Waals surface area contributed by atoms with Crippen LogP contribution in [0, 0.1) is 5.41 Å². The number of likely N-dealkylation sites (tertiary alicyclic amines) is 2. The summed E-state index contributed by atoms with van der Waals surface area (Å²) in [7, 11) is 1.55. The zero-order chi connectivity index (χ0) is 20.6. The minimum atomic E-state index is -0.256. The van der Waals surface area contributed by atoms with E-state index in [-0.39, 0.29) is 17.4 Å². The van der Waals surface area contributed by atoms with E-state index in [2.05, 4.69) is 15.3 Å². The van der Waals surface area contributed by atoms with Gasteiger partial charge < -0.3 is 10.2 Å². The first-order valence-electron chi connectivity index (χ1n) is 9.61. The lowest BCUT2D eigenvalue weighted by molar-refractivity contribution is 0.0963. The molecule has 1 N–H and O–H groups in total. The molecule has 0 saturated carbocycles. The zero-order valence-corrected chi connectivity index (χ0v) is 17.7. The van der Waals surface area contributed by atoms with Gasteiger partial charge in [-0.05, 0) is 43.1 Å². The maximum atomic E-state index is 12.8. The van der Waals surface area contributed by atoms with E-state index in [0.29, 0.717) is 23.7 Å². The molecule has 1 atom stereocenters. The summed E-state index contributed by atoms with van der Waals surface area (Å²) in [6, 6.07) is 5.36. The largest absolute Gasteiger partial charge is 0.355 e. The summed E-state index contributed by atoms with van der Waals surface area (Å²) in [6.07, 6.45) is 4.89. The molecule has 2 aliphatic heterocycles. The van der Waals surface area contributed by atoms with Crippen LogP contribution >= 0.6 is 23.2 Å². The number of carbonyl (C=O) groups excluding carboxylic acids is 2. The van der Waals surface area contributed by atoms with Crippen molar-refractivity contribution in [3.8, 4) is 0 Å². The third-order valence-electron chi connectivity index (χ3n) is 5.90. The Bertz CT molecular complexity index is 947. The second kappa shape index (κ2) is 7.97. The maximum absolute atomic E-state index is 12.8. The van der Waals surface area contributed by atoms with Gasteiger partial charge in [0.2, 0.25) is 0 Å². The molecule has 7 nitrogen and oxygen atoms in total. The van der Waals surface area contributed by atoms with Crippen LogP contribution in [0.5, 0.6) is 0 Å². The van der Waals surface area contributed by atoms with Gasteiger partial charge in [0, 0.05) is 54.9 Å². The van der Waals surface area contributed by atoms with E-state index in [1.54, 1.807) is 13.1 Å². The maximum Gasteiger partial charge on any atom is 0.344 e. The van der Waals surface area contributed by atoms with Crippen molar-refractivity contribution in [1.29, 1.82) is 0 Å². The predicted molar refractivity (Wildman–Crippen MR) is 111 cm³/mol. The summed E-state index contributed by atoms with van der Waals surface area (Å²) in [5.74, 6) is -0.256. The molecule has 1 unspecified atom stereocenters. The first-order chi connectivity index (χ1) is 13.9. The van der Waals surface area contributed by atoms with Gasteiger partial charge in [0.25, 0.3) is 5.91 Å². The van der Waals surface area contributed by atoms with Crippen LogP contribution in [0.4, 0.5) is 4.79 Å². The Kier molecular flexibility index (Phi) is 5.55. The third kappa shape index (κ3) is 4.13. The van der Waals surface area contributed by atoms with Crippen LogP contribution in [-0.4, -0.2) is 64.7 Å². The second-order valence-electron chi connectivity index (χ2n) is 7.90. The molecule has 154 valence electrons. The number of halogens is 2. The van der Waals surface area contributed by atoms with Crippen LogP contribution < -0.4 is 5.32 Å². The minimum absolute atomic E-state index is 0.0947. The number of carbonyl (C=O) groups is 2. The summed E-state index contributed by atoms with van der Waals surface area (Å²) in [5, 5.41) is 8.01. The van der Waals surface area contributed by atoms with Crippen molar-refractivity contribution in [3.05, 3.63) is 51.8 Å². The van der Waals surface area contributed by atoms with E-state index in [4.69, 9.17) is 23.2 Å². The van der Waals surface area contributed by atoms with Crippen LogP contribution in [0.25, 0.3) is 0 Å². The Morgan fingerprint density at radius 1 is 1.21 bits per heavy atom. The highest BCUT2D eigenvalue weighted by molar-refractivity contribution is 6.33. The number of hydrogen-bond acceptors (Lipinski definition) is 4. The fourth-order valence-corrected chi connectivity index (χ4v) is 4.71. The molecule has 29 heavy (non-hydrogen) atoms. The molecule has 1 aromatic carbocycles. The van der Waals surface area contributed by atoms with E-state index < -0.39 is 0 Å². The summed E-state index contributed by atoms with van der Waals surface area (Å²) >= 11 is 12.4. The standard InChI is InChI=1S/C20H23Cl2N5O2/c1-23-18(28)15-9-24-27(11-15)19(29)26-7-5-20(13-26)4-6-25(12-20)10-14-8-16(21)2-3-17(14)22/h2-3,8-9,11H,4-7,10,12-13H2,1H3,(H,23,28). The smallest absolute Gasteiger partial charge is 0.344 e. The average Bonchev–Trinajstić information content (AvgIpc) is 3.44. The summed E-state index contributed by atoms with van der Waals surface area (Å²) < 4.78 is 1.25. The first-order valence-corrected chi connectivity index (χ1v) is 10.4. The molecular formula is C20H23Cl2N5O2. The van der Waals surface area contributed by atoms with E-state index in [1.807, 2.05) is 17.0 Å². The molecule has 2 aliphatic rings. The fraction of sp³-hybridized carbons (Fsp3) is 0.450. The van der Waals surface area contributed by atoms with Gasteiger partial charge in [0.05, 0.1) is 11.8 Å². The highest BCUT2D eigenvalue weighted by Crippen LogP contribution is 2.40. The van der Waals surface area contributed by atoms with Crippen molar-refractivity contribution in [1.82, 2.24) is 24.9 Å². The highest BCUT2D eigenvalue weighted by atomic mass is 35.5. The van der Waals surface area contributed by atoms with Gasteiger partial charge in [-0.3, -0.25) is 9.69 Å². The molecule has 0 radical (unpaired) electrons. The number of amides is 2. The molecule has 2 aromatic rings. The van der Waals surface area contributed by atoms with Crippen LogP contribution in [0.3, 0.4) is 0 Å². The number of nitrogens with zero attached hydrogens (tertiary/aromatic N) is 4. The number of nitrogens with one attached hydrogen (secondary N) is 1. The summed E-state index contributed by atoms with van der Waals surface area (Å²) in [5.41, 5.74) is 1.50. The monoisotopic (exact) mass is 435 g/mol. The van der Waals surface area contributed by atoms with Gasteiger partial charge in [0.15, 0.2) is 0 Å². The van der Waals surface area contributed by atoms with Crippen LogP contribution in [0.2, 0.25) is 10.0 Å². The Hall–Kier alpha value is -2.09. The molecule has 9 heteroatoms. The molecule has 1 spiro atoms. The molecule has 0 bridgehead atoms. The number of rotatable bonds is 3. The van der Waals surface area contributed by atoms with Gasteiger partial charge >= 0.3 is 6.03 Å². The van der Waals surface area contributed by atoms with E-state index in [9.17, 15) is 9.59 Å². The molecule has 0 aliphatic carbocycles. The topological polar surface area (TPSA) is 70.5 Å². The van der Waals surface area contributed by atoms with Crippen molar-refractivity contribution >= 4 is 35.1 Å². The van der Waals surface area contributed by atoms with Gasteiger partial charge in [-0.1, -0.05) is 23.2 Å². The Labute approximate surface area is 179 Å². The van der Waals surface area contributed by atoms with Crippen molar-refractivity contribution in [2.24, 2.45) is 5.41 Å². The quantitative estimate of drug-likeness (QED) is 0.803. The lowest BCUT2D eigenvalue weighted by Crippen LogP contribution is -2.36. The van der Waals surface area contributed by atoms with Gasteiger partial charge in [-0.25, -0.2) is 4.79 Å². The van der Waals surface area contributed by atoms with Gasteiger partial charge in [0.1, 0.15) is 0 Å². The van der Waals surface area contributed by atoms with Crippen molar-refractivity contribution in [3.63, 3.8) is 0 Å². The molecule has 3 heterocycles. The normalized spacial score (nSPS) is 21.8. The van der Waals surface area contributed by atoms with Crippen molar-refractivity contribution in [2.75, 3.05) is 33.2 Å². The molecule has 2 fully saturated rings. The molecule has 2 amide bonds. The molecule has 1 aromatic heterocycles. The first kappa shape index (κ1) is 20.2. The zero-order valence-electron chi connectivity index (χ0n) is 16.2.